The minimum absolute atomic E-state index is 0.0825. The summed E-state index contributed by atoms with van der Waals surface area (Å²) in [4.78, 5) is 6.48. The van der Waals surface area contributed by atoms with Crippen molar-refractivity contribution in [3.05, 3.63) is 45.5 Å². The largest absolute Gasteiger partial charge is 0.508 e. The number of hydrogen-bond acceptors (Lipinski definition) is 5. The first-order chi connectivity index (χ1) is 10.0. The summed E-state index contributed by atoms with van der Waals surface area (Å²) in [5.41, 5.74) is 8.27. The molecule has 0 unspecified atom stereocenters. The Morgan fingerprint density at radius 3 is 2.81 bits per heavy atom. The van der Waals surface area contributed by atoms with Crippen LogP contribution in [0.4, 0.5) is 0 Å². The van der Waals surface area contributed by atoms with E-state index in [1.807, 2.05) is 24.4 Å². The third-order valence-electron chi connectivity index (χ3n) is 3.06. The van der Waals surface area contributed by atoms with Crippen LogP contribution < -0.4 is 5.73 Å². The van der Waals surface area contributed by atoms with E-state index in [9.17, 15) is 5.11 Å². The van der Waals surface area contributed by atoms with Crippen LogP contribution in [-0.2, 0) is 0 Å². The highest BCUT2D eigenvalue weighted by atomic mass is 32.1. The van der Waals surface area contributed by atoms with Crippen LogP contribution >= 0.6 is 22.7 Å². The molecule has 4 N–H and O–H groups in total. The Kier molecular flexibility index (Phi) is 3.48. The van der Waals surface area contributed by atoms with Crippen LogP contribution in [-0.4, -0.2) is 15.9 Å². The molecule has 0 bridgehead atoms. The van der Waals surface area contributed by atoms with Gasteiger partial charge in [-0.05, 0) is 25.1 Å². The highest BCUT2D eigenvalue weighted by Gasteiger charge is 2.13. The van der Waals surface area contributed by atoms with Crippen molar-refractivity contribution in [2.24, 2.45) is 5.73 Å². The Bertz CT molecular complexity index is 820. The summed E-state index contributed by atoms with van der Waals surface area (Å²) >= 11 is 3.05. The minimum atomic E-state index is 0.0825. The molecule has 4 nitrogen and oxygen atoms in total. The molecule has 0 aliphatic rings. The monoisotopic (exact) mass is 315 g/mol. The van der Waals surface area contributed by atoms with Crippen LogP contribution in [0.2, 0.25) is 0 Å². The average Bonchev–Trinajstić information content (AvgIpc) is 3.05. The Morgan fingerprint density at radius 1 is 1.33 bits per heavy atom. The third-order valence-corrected chi connectivity index (χ3v) is 5.02. The second-order valence-electron chi connectivity index (χ2n) is 4.58. The van der Waals surface area contributed by atoms with Crippen molar-refractivity contribution < 1.29 is 5.11 Å². The van der Waals surface area contributed by atoms with Crippen LogP contribution in [0.15, 0.2) is 35.7 Å². The highest BCUT2D eigenvalue weighted by molar-refractivity contribution is 7.16. The fourth-order valence-electron chi connectivity index (χ4n) is 2.02. The van der Waals surface area contributed by atoms with Gasteiger partial charge in [-0.1, -0.05) is 12.1 Å². The van der Waals surface area contributed by atoms with Crippen molar-refractivity contribution >= 4 is 28.5 Å². The maximum absolute atomic E-state index is 9.55. The fourth-order valence-corrected chi connectivity index (χ4v) is 3.87. The molecule has 21 heavy (non-hydrogen) atoms. The number of aromatic hydroxyl groups is 1. The van der Waals surface area contributed by atoms with E-state index in [-0.39, 0.29) is 11.6 Å². The molecule has 1 aromatic carbocycles. The molecule has 0 fully saturated rings. The Morgan fingerprint density at radius 2 is 2.14 bits per heavy atom. The second-order valence-corrected chi connectivity index (χ2v) is 6.70. The normalized spacial score (nSPS) is 10.7. The number of phenols is 1. The average molecular weight is 315 g/mol. The van der Waals surface area contributed by atoms with E-state index in [1.54, 1.807) is 29.5 Å². The number of thiophene rings is 1. The SMILES string of the molecule is Cc1sc(C(=N)N)cc1-c1nc(-c2cccc(O)c2)cs1. The summed E-state index contributed by atoms with van der Waals surface area (Å²) in [5.74, 6) is 0.312. The smallest absolute Gasteiger partial charge is 0.133 e. The van der Waals surface area contributed by atoms with Gasteiger partial charge in [0, 0.05) is 21.4 Å². The van der Waals surface area contributed by atoms with Gasteiger partial charge in [0.15, 0.2) is 0 Å². The Hall–Kier alpha value is -2.18. The molecule has 0 aliphatic heterocycles. The molecular weight excluding hydrogens is 302 g/mol. The maximum Gasteiger partial charge on any atom is 0.133 e. The van der Waals surface area contributed by atoms with Gasteiger partial charge in [-0.15, -0.1) is 22.7 Å². The number of thiazole rings is 1. The quantitative estimate of drug-likeness (QED) is 0.507. The predicted molar refractivity (Wildman–Crippen MR) is 88.3 cm³/mol. The molecular formula is C15H13N3OS2. The molecule has 0 aliphatic carbocycles. The van der Waals surface area contributed by atoms with Crippen molar-refractivity contribution in [2.45, 2.75) is 6.92 Å². The molecule has 0 radical (unpaired) electrons. The summed E-state index contributed by atoms with van der Waals surface area (Å²) in [5, 5.41) is 19.9. The summed E-state index contributed by atoms with van der Waals surface area (Å²) < 4.78 is 0. The second kappa shape index (κ2) is 5.31. The van der Waals surface area contributed by atoms with Crippen LogP contribution in [0.25, 0.3) is 21.8 Å². The van der Waals surface area contributed by atoms with Gasteiger partial charge in [0.05, 0.1) is 10.6 Å². The van der Waals surface area contributed by atoms with E-state index in [1.165, 1.54) is 11.3 Å². The number of nitrogens with one attached hydrogen (secondary N) is 1. The number of benzene rings is 1. The maximum atomic E-state index is 9.55. The van der Waals surface area contributed by atoms with Crippen molar-refractivity contribution in [1.29, 1.82) is 5.41 Å². The van der Waals surface area contributed by atoms with E-state index in [0.29, 0.717) is 0 Å². The summed E-state index contributed by atoms with van der Waals surface area (Å²) in [6, 6.07) is 8.96. The van der Waals surface area contributed by atoms with Gasteiger partial charge in [0.1, 0.15) is 16.6 Å². The van der Waals surface area contributed by atoms with Crippen molar-refractivity contribution in [3.8, 4) is 27.6 Å². The van der Waals surface area contributed by atoms with Gasteiger partial charge in [-0.3, -0.25) is 5.41 Å². The number of nitrogen functional groups attached to an aromatic ring is 1. The zero-order chi connectivity index (χ0) is 15.0. The number of hydrogen-bond donors (Lipinski definition) is 3. The first kappa shape index (κ1) is 13.8. The van der Waals surface area contributed by atoms with Gasteiger partial charge < -0.3 is 10.8 Å². The predicted octanol–water partition coefficient (Wildman–Crippen LogP) is 3.84. The van der Waals surface area contributed by atoms with E-state index >= 15 is 0 Å². The minimum Gasteiger partial charge on any atom is -0.508 e. The van der Waals surface area contributed by atoms with Crippen LogP contribution in [0.1, 0.15) is 9.75 Å². The van der Waals surface area contributed by atoms with E-state index in [2.05, 4.69) is 4.98 Å². The number of phenolic OH excluding ortho intramolecular Hbond substituents is 1. The number of amidine groups is 1. The highest BCUT2D eigenvalue weighted by Crippen LogP contribution is 2.35. The van der Waals surface area contributed by atoms with Crippen LogP contribution in [0.5, 0.6) is 5.75 Å². The molecule has 0 atom stereocenters. The molecule has 6 heteroatoms. The fraction of sp³-hybridized carbons (Fsp3) is 0.0667. The zero-order valence-corrected chi connectivity index (χ0v) is 12.9. The summed E-state index contributed by atoms with van der Waals surface area (Å²) in [7, 11) is 0. The van der Waals surface area contributed by atoms with Crippen LogP contribution in [0, 0.1) is 12.3 Å². The number of rotatable bonds is 3. The van der Waals surface area contributed by atoms with Gasteiger partial charge in [0.25, 0.3) is 0 Å². The lowest BCUT2D eigenvalue weighted by atomic mass is 10.1. The Balaban J connectivity index is 2.00. The molecule has 106 valence electrons. The Labute approximate surface area is 130 Å². The van der Waals surface area contributed by atoms with Crippen molar-refractivity contribution in [3.63, 3.8) is 0 Å². The molecule has 2 aromatic heterocycles. The molecule has 0 spiro atoms. The lowest BCUT2D eigenvalue weighted by Gasteiger charge is -1.97. The van der Waals surface area contributed by atoms with Gasteiger partial charge in [-0.2, -0.15) is 0 Å². The lowest BCUT2D eigenvalue weighted by Crippen LogP contribution is -2.08. The number of nitrogens with zero attached hydrogens (tertiary/aromatic N) is 1. The van der Waals surface area contributed by atoms with Crippen molar-refractivity contribution in [2.75, 3.05) is 0 Å². The molecule has 0 saturated carbocycles. The van der Waals surface area contributed by atoms with E-state index in [4.69, 9.17) is 11.1 Å². The van der Waals surface area contributed by atoms with Gasteiger partial charge in [-0.25, -0.2) is 4.98 Å². The number of aryl methyl sites for hydroxylation is 1. The molecule has 2 heterocycles. The first-order valence-corrected chi connectivity index (χ1v) is 7.94. The standard InChI is InChI=1S/C15H13N3OS2/c1-8-11(6-13(21-8)14(16)17)15-18-12(7-20-15)9-3-2-4-10(19)5-9/h2-7,19H,1H3,(H3,16,17). The molecule has 3 aromatic rings. The number of nitrogens with two attached hydrogens (primary N) is 1. The van der Waals surface area contributed by atoms with Gasteiger partial charge >= 0.3 is 0 Å². The zero-order valence-electron chi connectivity index (χ0n) is 11.3. The molecule has 3 rings (SSSR count). The topological polar surface area (TPSA) is 83.0 Å². The molecule has 0 amide bonds. The van der Waals surface area contributed by atoms with E-state index < -0.39 is 0 Å². The van der Waals surface area contributed by atoms with Gasteiger partial charge in [0.2, 0.25) is 0 Å². The third kappa shape index (κ3) is 2.68. The summed E-state index contributed by atoms with van der Waals surface area (Å²) in [6.07, 6.45) is 0. The van der Waals surface area contributed by atoms with E-state index in [0.717, 1.165) is 31.6 Å². The molecule has 0 saturated heterocycles. The summed E-state index contributed by atoms with van der Waals surface area (Å²) in [6.45, 7) is 2.00. The number of aromatic nitrogens is 1. The van der Waals surface area contributed by atoms with Crippen molar-refractivity contribution in [1.82, 2.24) is 4.98 Å². The van der Waals surface area contributed by atoms with Crippen LogP contribution in [0.3, 0.4) is 0 Å². The first-order valence-electron chi connectivity index (χ1n) is 6.24. The lowest BCUT2D eigenvalue weighted by molar-refractivity contribution is 0.475.